The molecule has 0 bridgehead atoms. The molecule has 1 aromatic carbocycles. The largest absolute Gasteiger partial charge is 0.379 e. The highest BCUT2D eigenvalue weighted by molar-refractivity contribution is 9.10. The molecular weight excluding hydrogens is 298 g/mol. The van der Waals surface area contributed by atoms with Crippen molar-refractivity contribution >= 4 is 27.7 Å². The van der Waals surface area contributed by atoms with Gasteiger partial charge in [0, 0.05) is 22.0 Å². The number of rotatable bonds is 5. The fourth-order valence-corrected chi connectivity index (χ4v) is 3.48. The summed E-state index contributed by atoms with van der Waals surface area (Å²) in [5, 5.41) is 4.19. The molecule has 2 nitrogen and oxygen atoms in total. The van der Waals surface area contributed by atoms with E-state index in [-0.39, 0.29) is 0 Å². The average Bonchev–Trinajstić information content (AvgIpc) is 3.06. The van der Waals surface area contributed by atoms with E-state index in [1.165, 1.54) is 27.8 Å². The molecule has 0 unspecified atom stereocenters. The molecule has 17 heavy (non-hydrogen) atoms. The van der Waals surface area contributed by atoms with E-state index in [4.69, 9.17) is 4.74 Å². The Bertz CT molecular complexity index is 404. The zero-order valence-electron chi connectivity index (χ0n) is 9.62. The molecule has 0 amide bonds. The van der Waals surface area contributed by atoms with E-state index in [1.807, 2.05) is 11.8 Å². The van der Waals surface area contributed by atoms with Gasteiger partial charge in [-0.3, -0.25) is 0 Å². The van der Waals surface area contributed by atoms with Gasteiger partial charge < -0.3 is 10.1 Å². The maximum atomic E-state index is 5.19. The smallest absolute Gasteiger partial charge is 0.0611 e. The zero-order chi connectivity index (χ0) is 11.7. The number of ether oxygens (including phenoxy) is 1. The number of hydrogen-bond acceptors (Lipinski definition) is 3. The average molecular weight is 314 g/mol. The van der Waals surface area contributed by atoms with Gasteiger partial charge in [-0.25, -0.2) is 0 Å². The lowest BCUT2D eigenvalue weighted by Gasteiger charge is -2.25. The highest BCUT2D eigenvalue weighted by Gasteiger charge is 2.21. The molecule has 1 saturated carbocycles. The lowest BCUT2D eigenvalue weighted by molar-refractivity contribution is 0.0455. The maximum absolute atomic E-state index is 5.19. The summed E-state index contributed by atoms with van der Waals surface area (Å²) < 4.78 is 6.41. The molecule has 0 aromatic heterocycles. The first-order valence-corrected chi connectivity index (χ1v) is 7.75. The molecule has 0 atom stereocenters. The van der Waals surface area contributed by atoms with E-state index in [2.05, 4.69) is 39.4 Å². The second kappa shape index (κ2) is 5.31. The van der Waals surface area contributed by atoms with E-state index in [9.17, 15) is 0 Å². The third-order valence-electron chi connectivity index (χ3n) is 3.09. The first-order chi connectivity index (χ1) is 8.31. The SMILES string of the molecule is Brc1cc(SC2COC2)ccc1CNC1CC1. The Morgan fingerprint density at radius 2 is 2.18 bits per heavy atom. The van der Waals surface area contributed by atoms with Crippen LogP contribution in [0.3, 0.4) is 0 Å². The van der Waals surface area contributed by atoms with Gasteiger partial charge in [0.2, 0.25) is 0 Å². The van der Waals surface area contributed by atoms with Crippen molar-refractivity contribution in [1.29, 1.82) is 0 Å². The number of hydrogen-bond donors (Lipinski definition) is 1. The van der Waals surface area contributed by atoms with Crippen LogP contribution >= 0.6 is 27.7 Å². The Balaban J connectivity index is 1.60. The Kier molecular flexibility index (Phi) is 3.75. The molecule has 0 radical (unpaired) electrons. The Labute approximate surface area is 115 Å². The highest BCUT2D eigenvalue weighted by atomic mass is 79.9. The fraction of sp³-hybridized carbons (Fsp3) is 0.538. The van der Waals surface area contributed by atoms with E-state index in [0.717, 1.165) is 25.8 Å². The maximum Gasteiger partial charge on any atom is 0.0611 e. The van der Waals surface area contributed by atoms with E-state index >= 15 is 0 Å². The van der Waals surface area contributed by atoms with Crippen LogP contribution in [0.4, 0.5) is 0 Å². The fourth-order valence-electron chi connectivity index (χ4n) is 1.76. The van der Waals surface area contributed by atoms with Crippen molar-refractivity contribution in [2.24, 2.45) is 0 Å². The second-order valence-electron chi connectivity index (χ2n) is 4.69. The van der Waals surface area contributed by atoms with Gasteiger partial charge in [0.05, 0.1) is 18.5 Å². The van der Waals surface area contributed by atoms with Gasteiger partial charge >= 0.3 is 0 Å². The lowest BCUT2D eigenvalue weighted by atomic mass is 10.2. The van der Waals surface area contributed by atoms with E-state index in [0.29, 0.717) is 5.25 Å². The second-order valence-corrected chi connectivity index (χ2v) is 6.91. The van der Waals surface area contributed by atoms with Gasteiger partial charge in [-0.1, -0.05) is 22.0 Å². The number of halogens is 1. The molecule has 1 aliphatic carbocycles. The molecule has 1 saturated heterocycles. The molecule has 0 spiro atoms. The summed E-state index contributed by atoms with van der Waals surface area (Å²) in [6.45, 7) is 2.77. The van der Waals surface area contributed by atoms with Gasteiger partial charge in [-0.15, -0.1) is 11.8 Å². The van der Waals surface area contributed by atoms with Crippen LogP contribution < -0.4 is 5.32 Å². The first kappa shape index (κ1) is 12.0. The Morgan fingerprint density at radius 1 is 1.35 bits per heavy atom. The van der Waals surface area contributed by atoms with Crippen molar-refractivity contribution in [2.45, 2.75) is 35.6 Å². The summed E-state index contributed by atoms with van der Waals surface area (Å²) in [5.74, 6) is 0. The van der Waals surface area contributed by atoms with Gasteiger partial charge in [-0.2, -0.15) is 0 Å². The van der Waals surface area contributed by atoms with Crippen LogP contribution in [-0.2, 0) is 11.3 Å². The predicted molar refractivity (Wildman–Crippen MR) is 74.5 cm³/mol. The molecule has 3 rings (SSSR count). The minimum atomic E-state index is 0.650. The molecule has 2 aliphatic rings. The highest BCUT2D eigenvalue weighted by Crippen LogP contribution is 2.31. The van der Waals surface area contributed by atoms with Crippen LogP contribution in [0.25, 0.3) is 0 Å². The third kappa shape index (κ3) is 3.25. The van der Waals surface area contributed by atoms with Gasteiger partial charge in [0.1, 0.15) is 0 Å². The number of thioether (sulfide) groups is 1. The summed E-state index contributed by atoms with van der Waals surface area (Å²) in [6.07, 6.45) is 2.68. The van der Waals surface area contributed by atoms with E-state index in [1.54, 1.807) is 0 Å². The quantitative estimate of drug-likeness (QED) is 0.902. The predicted octanol–water partition coefficient (Wildman–Crippen LogP) is 3.19. The van der Waals surface area contributed by atoms with Crippen LogP contribution in [0, 0.1) is 0 Å². The number of benzene rings is 1. The summed E-state index contributed by atoms with van der Waals surface area (Å²) in [5.41, 5.74) is 1.35. The number of nitrogens with one attached hydrogen (secondary N) is 1. The third-order valence-corrected chi connectivity index (χ3v) is 4.96. The summed E-state index contributed by atoms with van der Waals surface area (Å²) >= 11 is 5.58. The Morgan fingerprint density at radius 3 is 2.76 bits per heavy atom. The van der Waals surface area contributed by atoms with Crippen LogP contribution in [0.2, 0.25) is 0 Å². The Hall–Kier alpha value is -0.0300. The molecule has 1 aliphatic heterocycles. The first-order valence-electron chi connectivity index (χ1n) is 6.07. The van der Waals surface area contributed by atoms with Gasteiger partial charge in [-0.05, 0) is 30.5 Å². The minimum Gasteiger partial charge on any atom is -0.379 e. The van der Waals surface area contributed by atoms with Crippen LogP contribution in [-0.4, -0.2) is 24.5 Å². The summed E-state index contributed by atoms with van der Waals surface area (Å²) in [4.78, 5) is 1.33. The van der Waals surface area contributed by atoms with E-state index < -0.39 is 0 Å². The molecule has 1 N–H and O–H groups in total. The summed E-state index contributed by atoms with van der Waals surface area (Å²) in [6, 6.07) is 7.44. The normalized spacial score (nSPS) is 20.3. The van der Waals surface area contributed by atoms with Crippen molar-refractivity contribution < 1.29 is 4.74 Å². The zero-order valence-corrected chi connectivity index (χ0v) is 12.0. The summed E-state index contributed by atoms with van der Waals surface area (Å²) in [7, 11) is 0. The molecule has 1 heterocycles. The molecule has 4 heteroatoms. The van der Waals surface area contributed by atoms with Crippen LogP contribution in [0.15, 0.2) is 27.6 Å². The van der Waals surface area contributed by atoms with Gasteiger partial charge in [0.25, 0.3) is 0 Å². The monoisotopic (exact) mass is 313 g/mol. The molecular formula is C13H16BrNOS. The lowest BCUT2D eigenvalue weighted by Crippen LogP contribution is -2.30. The van der Waals surface area contributed by atoms with Crippen LogP contribution in [0.5, 0.6) is 0 Å². The van der Waals surface area contributed by atoms with Crippen molar-refractivity contribution in [3.05, 3.63) is 28.2 Å². The van der Waals surface area contributed by atoms with Crippen molar-refractivity contribution in [1.82, 2.24) is 5.32 Å². The van der Waals surface area contributed by atoms with Crippen molar-refractivity contribution in [3.63, 3.8) is 0 Å². The van der Waals surface area contributed by atoms with Gasteiger partial charge in [0.15, 0.2) is 0 Å². The molecule has 1 aromatic rings. The van der Waals surface area contributed by atoms with Crippen molar-refractivity contribution in [2.75, 3.05) is 13.2 Å². The standard InChI is InChI=1S/C13H16BrNOS/c14-13-5-11(17-12-7-16-8-12)4-1-9(13)6-15-10-2-3-10/h1,4-5,10,12,15H,2-3,6-8H2. The van der Waals surface area contributed by atoms with Crippen molar-refractivity contribution in [3.8, 4) is 0 Å². The minimum absolute atomic E-state index is 0.650. The van der Waals surface area contributed by atoms with Crippen LogP contribution in [0.1, 0.15) is 18.4 Å². The molecule has 2 fully saturated rings. The molecule has 92 valence electrons. The topological polar surface area (TPSA) is 21.3 Å².